The Morgan fingerprint density at radius 1 is 1.11 bits per heavy atom. The average Bonchev–Trinajstić information content (AvgIpc) is 3.23. The van der Waals surface area contributed by atoms with Crippen LogP contribution in [-0.4, -0.2) is 35.5 Å². The van der Waals surface area contributed by atoms with Crippen LogP contribution in [0.15, 0.2) is 33.7 Å². The van der Waals surface area contributed by atoms with Crippen molar-refractivity contribution >= 4 is 17.8 Å². The highest BCUT2D eigenvalue weighted by atomic mass is 16.4. The second-order valence-corrected chi connectivity index (χ2v) is 10.8. The van der Waals surface area contributed by atoms with Gasteiger partial charge < -0.3 is 26.3 Å². The number of aliphatic imine (C=N–C) groups is 1. The van der Waals surface area contributed by atoms with Crippen molar-refractivity contribution in [3.8, 4) is 0 Å². The molecule has 0 aliphatic heterocycles. The first-order valence-corrected chi connectivity index (χ1v) is 12.1. The number of aliphatic carboxylic acids is 1. The van der Waals surface area contributed by atoms with Crippen LogP contribution < -0.4 is 16.8 Å². The highest BCUT2D eigenvalue weighted by Gasteiger charge is 2.37. The van der Waals surface area contributed by atoms with Gasteiger partial charge in [-0.2, -0.15) is 0 Å². The summed E-state index contributed by atoms with van der Waals surface area (Å²) in [7, 11) is 0. The van der Waals surface area contributed by atoms with Gasteiger partial charge in [-0.1, -0.05) is 39.8 Å². The lowest BCUT2D eigenvalue weighted by Gasteiger charge is -2.42. The molecule has 1 aliphatic carbocycles. The van der Waals surface area contributed by atoms with Gasteiger partial charge in [-0.3, -0.25) is 9.79 Å². The molecule has 0 bridgehead atoms. The average molecular weight is 483 g/mol. The van der Waals surface area contributed by atoms with Gasteiger partial charge in [-0.25, -0.2) is 4.79 Å². The van der Waals surface area contributed by atoms with E-state index in [1.807, 2.05) is 0 Å². The van der Waals surface area contributed by atoms with Crippen LogP contribution in [0.3, 0.4) is 0 Å². The van der Waals surface area contributed by atoms with Gasteiger partial charge in [0.1, 0.15) is 11.8 Å². The number of carboxylic acids is 1. The molecule has 35 heavy (non-hydrogen) atoms. The molecule has 1 atom stereocenters. The lowest BCUT2D eigenvalue weighted by molar-refractivity contribution is -0.139. The molecule has 1 amide bonds. The van der Waals surface area contributed by atoms with E-state index in [9.17, 15) is 14.7 Å². The number of amides is 1. The third-order valence-electron chi connectivity index (χ3n) is 7.11. The van der Waals surface area contributed by atoms with Crippen molar-refractivity contribution in [1.29, 1.82) is 0 Å². The van der Waals surface area contributed by atoms with Crippen LogP contribution in [0.1, 0.15) is 91.9 Å². The molecule has 0 radical (unpaired) electrons. The summed E-state index contributed by atoms with van der Waals surface area (Å²) in [5.74, 6) is -0.982. The predicted octanol–water partition coefficient (Wildman–Crippen LogP) is 3.76. The van der Waals surface area contributed by atoms with Crippen molar-refractivity contribution in [2.45, 2.75) is 83.6 Å². The first kappa shape index (κ1) is 26.3. The summed E-state index contributed by atoms with van der Waals surface area (Å²) in [6.07, 6.45) is 3.48. The van der Waals surface area contributed by atoms with Crippen molar-refractivity contribution in [3.63, 3.8) is 0 Å². The Balaban J connectivity index is 1.73. The monoisotopic (exact) mass is 482 g/mol. The standard InChI is InChI=1S/C27H38N4O4/c1-16-13-19-20(27(4,5)11-10-26(19,2)3)15-17(16)14-18-8-9-22(35-18)23(32)31-21(24(33)34)7-6-12-30-25(28)29/h8-9,13,15,21H,6-7,10-12,14H2,1-5H3,(H,31,32)(H,33,34)(H4,28,29,30). The number of carbonyl (C=O) groups excluding carboxylic acids is 1. The SMILES string of the molecule is Cc1cc2c(cc1Cc1ccc(C(=O)NC(CCCN=C(N)N)C(=O)O)o1)C(C)(C)CCC2(C)C. The van der Waals surface area contributed by atoms with Crippen LogP contribution in [-0.2, 0) is 22.0 Å². The molecule has 1 aromatic carbocycles. The fourth-order valence-electron chi connectivity index (χ4n) is 4.73. The van der Waals surface area contributed by atoms with E-state index in [0.717, 1.165) is 12.8 Å². The molecule has 8 nitrogen and oxygen atoms in total. The van der Waals surface area contributed by atoms with Crippen LogP contribution in [0.2, 0.25) is 0 Å². The molecule has 3 rings (SSSR count). The number of rotatable bonds is 9. The van der Waals surface area contributed by atoms with Gasteiger partial charge in [0.15, 0.2) is 11.7 Å². The topological polar surface area (TPSA) is 144 Å². The van der Waals surface area contributed by atoms with Crippen molar-refractivity contribution < 1.29 is 19.1 Å². The van der Waals surface area contributed by atoms with Gasteiger partial charge in [0, 0.05) is 13.0 Å². The minimum atomic E-state index is -1.12. The quantitative estimate of drug-likeness (QED) is 0.243. The molecule has 1 heterocycles. The van der Waals surface area contributed by atoms with E-state index in [1.54, 1.807) is 12.1 Å². The molecular formula is C27H38N4O4. The number of nitrogens with two attached hydrogens (primary N) is 2. The van der Waals surface area contributed by atoms with E-state index >= 15 is 0 Å². The smallest absolute Gasteiger partial charge is 0.326 e. The third kappa shape index (κ3) is 6.24. The first-order valence-electron chi connectivity index (χ1n) is 12.1. The van der Waals surface area contributed by atoms with Crippen LogP contribution in [0.5, 0.6) is 0 Å². The van der Waals surface area contributed by atoms with Gasteiger partial charge >= 0.3 is 5.97 Å². The number of guanidine groups is 1. The fraction of sp³-hybridized carbons (Fsp3) is 0.519. The summed E-state index contributed by atoms with van der Waals surface area (Å²) in [5, 5.41) is 12.0. The number of hydrogen-bond donors (Lipinski definition) is 4. The van der Waals surface area contributed by atoms with E-state index in [4.69, 9.17) is 15.9 Å². The summed E-state index contributed by atoms with van der Waals surface area (Å²) in [4.78, 5) is 28.0. The van der Waals surface area contributed by atoms with E-state index in [2.05, 4.69) is 57.1 Å². The zero-order chi connectivity index (χ0) is 26.0. The Morgan fingerprint density at radius 2 is 1.74 bits per heavy atom. The number of furan rings is 1. The van der Waals surface area contributed by atoms with Gasteiger partial charge in [-0.15, -0.1) is 0 Å². The number of aryl methyl sites for hydroxylation is 1. The minimum Gasteiger partial charge on any atom is -0.480 e. The number of nitrogens with zero attached hydrogens (tertiary/aromatic N) is 1. The van der Waals surface area contributed by atoms with Crippen molar-refractivity contribution in [2.24, 2.45) is 16.5 Å². The Kier molecular flexibility index (Phi) is 7.62. The molecule has 2 aromatic rings. The second-order valence-electron chi connectivity index (χ2n) is 10.8. The maximum atomic E-state index is 12.6. The Hall–Kier alpha value is -3.29. The molecule has 0 fully saturated rings. The number of carboxylic acid groups (broad SMARTS) is 1. The van der Waals surface area contributed by atoms with Gasteiger partial charge in [0.05, 0.1) is 0 Å². The third-order valence-corrected chi connectivity index (χ3v) is 7.11. The van der Waals surface area contributed by atoms with Crippen molar-refractivity contribution in [2.75, 3.05) is 6.54 Å². The van der Waals surface area contributed by atoms with Crippen LogP contribution in [0.4, 0.5) is 0 Å². The number of fused-ring (bicyclic) bond motifs is 1. The van der Waals surface area contributed by atoms with Gasteiger partial charge in [0.25, 0.3) is 5.91 Å². The Morgan fingerprint density at radius 3 is 2.34 bits per heavy atom. The highest BCUT2D eigenvalue weighted by Crippen LogP contribution is 2.46. The van der Waals surface area contributed by atoms with E-state index < -0.39 is 17.9 Å². The number of benzene rings is 1. The molecule has 0 saturated carbocycles. The van der Waals surface area contributed by atoms with E-state index in [0.29, 0.717) is 25.1 Å². The van der Waals surface area contributed by atoms with Crippen molar-refractivity contribution in [3.05, 3.63) is 58.0 Å². The summed E-state index contributed by atoms with van der Waals surface area (Å²) < 4.78 is 5.82. The zero-order valence-electron chi connectivity index (χ0n) is 21.4. The van der Waals surface area contributed by atoms with Crippen LogP contribution in [0.25, 0.3) is 0 Å². The summed E-state index contributed by atoms with van der Waals surface area (Å²) in [6.45, 7) is 11.6. The summed E-state index contributed by atoms with van der Waals surface area (Å²) >= 11 is 0. The predicted molar refractivity (Wildman–Crippen MR) is 137 cm³/mol. The van der Waals surface area contributed by atoms with Gasteiger partial charge in [0.2, 0.25) is 0 Å². The molecule has 1 unspecified atom stereocenters. The lowest BCUT2D eigenvalue weighted by Crippen LogP contribution is -2.40. The summed E-state index contributed by atoms with van der Waals surface area (Å²) in [6, 6.07) is 6.91. The number of nitrogens with one attached hydrogen (secondary N) is 1. The van der Waals surface area contributed by atoms with E-state index in [-0.39, 0.29) is 29.0 Å². The lowest BCUT2D eigenvalue weighted by atomic mass is 9.62. The minimum absolute atomic E-state index is 0.0505. The maximum absolute atomic E-state index is 12.6. The van der Waals surface area contributed by atoms with Gasteiger partial charge in [-0.05, 0) is 77.8 Å². The van der Waals surface area contributed by atoms with Crippen molar-refractivity contribution in [1.82, 2.24) is 5.32 Å². The fourth-order valence-corrected chi connectivity index (χ4v) is 4.73. The zero-order valence-corrected chi connectivity index (χ0v) is 21.4. The van der Waals surface area contributed by atoms with Crippen LogP contribution >= 0.6 is 0 Å². The molecule has 0 spiro atoms. The number of carbonyl (C=O) groups is 2. The molecule has 190 valence electrons. The second kappa shape index (κ2) is 10.1. The Labute approximate surface area is 207 Å². The highest BCUT2D eigenvalue weighted by molar-refractivity contribution is 5.94. The first-order chi connectivity index (χ1) is 16.3. The maximum Gasteiger partial charge on any atom is 0.326 e. The molecule has 6 N–H and O–H groups in total. The molecule has 8 heteroatoms. The largest absolute Gasteiger partial charge is 0.480 e. The number of hydrogen-bond acceptors (Lipinski definition) is 4. The molecule has 1 aliphatic rings. The normalized spacial score (nSPS) is 16.7. The van der Waals surface area contributed by atoms with E-state index in [1.165, 1.54) is 22.3 Å². The summed E-state index contributed by atoms with van der Waals surface area (Å²) in [5.41, 5.74) is 16.0. The molecule has 0 saturated heterocycles. The molecule has 1 aromatic heterocycles. The Bertz CT molecular complexity index is 1130. The van der Waals surface area contributed by atoms with Crippen LogP contribution in [0, 0.1) is 6.92 Å². The molecular weight excluding hydrogens is 444 g/mol.